The molecule has 2 aromatic carbocycles. The molecule has 0 fully saturated rings. The molecule has 2 aromatic rings. The standard InChI is InChI=1S/C19H22BrNO6S/c1-12-9-16(25-2)17(26-3)11-18(12)28(23,24)21-15(10-19(22)27-4)13-5-7-14(20)8-6-13/h5-9,11,15,21H,10H2,1-4H3. The van der Waals surface area contributed by atoms with Gasteiger partial charge in [-0.1, -0.05) is 28.1 Å². The highest BCUT2D eigenvalue weighted by molar-refractivity contribution is 9.10. The molecule has 0 aliphatic carbocycles. The van der Waals surface area contributed by atoms with Gasteiger partial charge in [-0.2, -0.15) is 0 Å². The van der Waals surface area contributed by atoms with Crippen molar-refractivity contribution < 1.29 is 27.4 Å². The molecule has 0 radical (unpaired) electrons. The Labute approximate surface area is 173 Å². The van der Waals surface area contributed by atoms with Crippen LogP contribution in [-0.4, -0.2) is 35.7 Å². The molecule has 0 saturated carbocycles. The quantitative estimate of drug-likeness (QED) is 0.593. The van der Waals surface area contributed by atoms with Gasteiger partial charge in [-0.15, -0.1) is 0 Å². The zero-order valence-electron chi connectivity index (χ0n) is 16.0. The molecular formula is C19H22BrNO6S. The summed E-state index contributed by atoms with van der Waals surface area (Å²) >= 11 is 3.34. The van der Waals surface area contributed by atoms with E-state index in [0.29, 0.717) is 22.6 Å². The molecule has 0 aliphatic rings. The fourth-order valence-corrected chi connectivity index (χ4v) is 4.41. The second-order valence-electron chi connectivity index (χ2n) is 5.98. The van der Waals surface area contributed by atoms with E-state index in [1.165, 1.54) is 27.4 Å². The van der Waals surface area contributed by atoms with Crippen LogP contribution in [0.1, 0.15) is 23.6 Å². The molecule has 152 valence electrons. The van der Waals surface area contributed by atoms with Crippen molar-refractivity contribution >= 4 is 31.9 Å². The number of carbonyl (C=O) groups is 1. The van der Waals surface area contributed by atoms with Crippen molar-refractivity contribution in [2.75, 3.05) is 21.3 Å². The van der Waals surface area contributed by atoms with Crippen LogP contribution in [0.5, 0.6) is 11.5 Å². The predicted octanol–water partition coefficient (Wildman–Crippen LogP) is 3.36. The zero-order chi connectivity index (χ0) is 20.9. The monoisotopic (exact) mass is 471 g/mol. The lowest BCUT2D eigenvalue weighted by atomic mass is 10.1. The van der Waals surface area contributed by atoms with E-state index in [0.717, 1.165) is 4.47 Å². The summed E-state index contributed by atoms with van der Waals surface area (Å²) < 4.78 is 44.7. The summed E-state index contributed by atoms with van der Waals surface area (Å²) in [5, 5.41) is 0. The highest BCUT2D eigenvalue weighted by Crippen LogP contribution is 2.33. The van der Waals surface area contributed by atoms with Crippen LogP contribution in [0.4, 0.5) is 0 Å². The van der Waals surface area contributed by atoms with Crippen molar-refractivity contribution in [3.63, 3.8) is 0 Å². The van der Waals surface area contributed by atoms with Gasteiger partial charge in [0.2, 0.25) is 10.0 Å². The number of esters is 1. The molecule has 1 unspecified atom stereocenters. The van der Waals surface area contributed by atoms with Gasteiger partial charge in [0.1, 0.15) is 0 Å². The normalized spacial score (nSPS) is 12.3. The second-order valence-corrected chi connectivity index (χ2v) is 8.58. The van der Waals surface area contributed by atoms with Crippen molar-refractivity contribution in [2.45, 2.75) is 24.3 Å². The van der Waals surface area contributed by atoms with Crippen molar-refractivity contribution in [1.82, 2.24) is 4.72 Å². The highest BCUT2D eigenvalue weighted by atomic mass is 79.9. The summed E-state index contributed by atoms with van der Waals surface area (Å²) in [4.78, 5) is 11.9. The lowest BCUT2D eigenvalue weighted by molar-refractivity contribution is -0.141. The number of aryl methyl sites for hydroxylation is 1. The summed E-state index contributed by atoms with van der Waals surface area (Å²) in [5.74, 6) is 0.194. The van der Waals surface area contributed by atoms with Gasteiger partial charge < -0.3 is 14.2 Å². The molecule has 0 amide bonds. The molecular weight excluding hydrogens is 450 g/mol. The fraction of sp³-hybridized carbons (Fsp3) is 0.316. The average Bonchev–Trinajstić information content (AvgIpc) is 2.67. The Bertz CT molecular complexity index is 944. The van der Waals surface area contributed by atoms with Crippen LogP contribution in [0.3, 0.4) is 0 Å². The first kappa shape index (κ1) is 22.2. The van der Waals surface area contributed by atoms with E-state index in [4.69, 9.17) is 14.2 Å². The Morgan fingerprint density at radius 3 is 2.18 bits per heavy atom. The Balaban J connectivity index is 2.44. The molecule has 0 aliphatic heterocycles. The summed E-state index contributed by atoms with van der Waals surface area (Å²) in [5.41, 5.74) is 1.12. The minimum Gasteiger partial charge on any atom is -0.493 e. The third kappa shape index (κ3) is 5.24. The number of hydrogen-bond acceptors (Lipinski definition) is 6. The third-order valence-electron chi connectivity index (χ3n) is 4.14. The van der Waals surface area contributed by atoms with E-state index in [2.05, 4.69) is 20.7 Å². The molecule has 1 N–H and O–H groups in total. The van der Waals surface area contributed by atoms with Gasteiger partial charge in [-0.05, 0) is 36.2 Å². The number of benzene rings is 2. The Morgan fingerprint density at radius 1 is 1.07 bits per heavy atom. The van der Waals surface area contributed by atoms with E-state index < -0.39 is 22.0 Å². The number of methoxy groups -OCH3 is 3. The van der Waals surface area contributed by atoms with Crippen LogP contribution in [0.15, 0.2) is 45.8 Å². The smallest absolute Gasteiger partial charge is 0.307 e. The molecule has 7 nitrogen and oxygen atoms in total. The maximum absolute atomic E-state index is 13.1. The summed E-state index contributed by atoms with van der Waals surface area (Å²) in [6.07, 6.45) is -0.149. The largest absolute Gasteiger partial charge is 0.493 e. The molecule has 9 heteroatoms. The van der Waals surface area contributed by atoms with E-state index in [1.807, 2.05) is 0 Å². The Hall–Kier alpha value is -2.10. The minimum absolute atomic E-state index is 0.0390. The second kappa shape index (κ2) is 9.40. The van der Waals surface area contributed by atoms with Crippen molar-refractivity contribution in [1.29, 1.82) is 0 Å². The number of nitrogens with one attached hydrogen (secondary N) is 1. The van der Waals surface area contributed by atoms with Gasteiger partial charge in [-0.3, -0.25) is 4.79 Å². The molecule has 0 aromatic heterocycles. The Morgan fingerprint density at radius 2 is 1.64 bits per heavy atom. The van der Waals surface area contributed by atoms with E-state index >= 15 is 0 Å². The van der Waals surface area contributed by atoms with Gasteiger partial charge in [0.15, 0.2) is 11.5 Å². The van der Waals surface area contributed by atoms with Crippen molar-refractivity contribution in [3.8, 4) is 11.5 Å². The first-order valence-corrected chi connectivity index (χ1v) is 10.6. The summed E-state index contributed by atoms with van der Waals surface area (Å²) in [6, 6.07) is 9.21. The molecule has 0 spiro atoms. The molecule has 28 heavy (non-hydrogen) atoms. The van der Waals surface area contributed by atoms with Gasteiger partial charge >= 0.3 is 5.97 Å². The third-order valence-corrected chi connectivity index (χ3v) is 6.28. The Kier molecular flexibility index (Phi) is 7.45. The molecule has 0 heterocycles. The van der Waals surface area contributed by atoms with Crippen LogP contribution in [0.25, 0.3) is 0 Å². The summed E-state index contributed by atoms with van der Waals surface area (Å²) in [6.45, 7) is 1.66. The maximum atomic E-state index is 13.1. The molecule has 0 bridgehead atoms. The molecule has 2 rings (SSSR count). The number of sulfonamides is 1. The van der Waals surface area contributed by atoms with Gasteiger partial charge in [0.25, 0.3) is 0 Å². The SMILES string of the molecule is COC(=O)CC(NS(=O)(=O)c1cc(OC)c(OC)cc1C)c1ccc(Br)cc1. The predicted molar refractivity (Wildman–Crippen MR) is 108 cm³/mol. The van der Waals surface area contributed by atoms with Crippen molar-refractivity contribution in [2.24, 2.45) is 0 Å². The number of carbonyl (C=O) groups excluding carboxylic acids is 1. The average molecular weight is 472 g/mol. The van der Waals surface area contributed by atoms with Crippen LogP contribution >= 0.6 is 15.9 Å². The fourth-order valence-electron chi connectivity index (χ4n) is 2.67. The maximum Gasteiger partial charge on any atom is 0.307 e. The first-order valence-electron chi connectivity index (χ1n) is 8.29. The van der Waals surface area contributed by atoms with Gasteiger partial charge in [0.05, 0.1) is 38.7 Å². The molecule has 0 saturated heterocycles. The number of hydrogen-bond donors (Lipinski definition) is 1. The number of ether oxygens (including phenoxy) is 3. The zero-order valence-corrected chi connectivity index (χ0v) is 18.4. The first-order chi connectivity index (χ1) is 13.2. The van der Waals surface area contributed by atoms with Gasteiger partial charge in [0, 0.05) is 10.5 Å². The topological polar surface area (TPSA) is 90.9 Å². The van der Waals surface area contributed by atoms with E-state index in [1.54, 1.807) is 37.3 Å². The molecule has 1 atom stereocenters. The number of rotatable bonds is 8. The lowest BCUT2D eigenvalue weighted by Crippen LogP contribution is -2.31. The lowest BCUT2D eigenvalue weighted by Gasteiger charge is -2.20. The van der Waals surface area contributed by atoms with Crippen LogP contribution in [0, 0.1) is 6.92 Å². The van der Waals surface area contributed by atoms with Gasteiger partial charge in [-0.25, -0.2) is 13.1 Å². The van der Waals surface area contributed by atoms with Crippen LogP contribution in [-0.2, 0) is 19.6 Å². The van der Waals surface area contributed by atoms with E-state index in [9.17, 15) is 13.2 Å². The van der Waals surface area contributed by atoms with E-state index in [-0.39, 0.29) is 11.3 Å². The number of halogens is 1. The van der Waals surface area contributed by atoms with Crippen LogP contribution in [0.2, 0.25) is 0 Å². The summed E-state index contributed by atoms with van der Waals surface area (Å²) in [7, 11) is 0.198. The minimum atomic E-state index is -3.96. The van der Waals surface area contributed by atoms with Crippen LogP contribution < -0.4 is 14.2 Å². The van der Waals surface area contributed by atoms with Crippen molar-refractivity contribution in [3.05, 3.63) is 52.0 Å². The highest BCUT2D eigenvalue weighted by Gasteiger charge is 2.26.